The number of hydrogen-bond acceptors (Lipinski definition) is 3. The smallest absolute Gasteiger partial charge is 0.107 e. The van der Waals surface area contributed by atoms with Crippen molar-refractivity contribution < 1.29 is 0 Å². The average Bonchev–Trinajstić information content (AvgIpc) is 2.82. The van der Waals surface area contributed by atoms with E-state index in [4.69, 9.17) is 16.9 Å². The van der Waals surface area contributed by atoms with Crippen LogP contribution in [-0.2, 0) is 6.42 Å². The molecule has 17 heavy (non-hydrogen) atoms. The van der Waals surface area contributed by atoms with Gasteiger partial charge in [0.1, 0.15) is 11.9 Å². The normalized spacial score (nSPS) is 9.88. The van der Waals surface area contributed by atoms with Crippen LogP contribution in [0.1, 0.15) is 11.4 Å². The standard InChI is InChI=1S/C12H11ClN4/c13-10-2-1-3-11(9(10)8-14)15-5-4-12-16-6-7-17-12/h1-3,6-7,15H,4-5H2,(H,16,17). The van der Waals surface area contributed by atoms with Gasteiger partial charge in [0, 0.05) is 25.4 Å². The lowest BCUT2D eigenvalue weighted by atomic mass is 10.2. The van der Waals surface area contributed by atoms with Gasteiger partial charge in [0.15, 0.2) is 0 Å². The molecule has 1 aromatic heterocycles. The maximum absolute atomic E-state index is 8.99. The maximum atomic E-state index is 8.99. The second-order valence-electron chi connectivity index (χ2n) is 3.49. The molecule has 86 valence electrons. The number of benzene rings is 1. The first-order chi connectivity index (χ1) is 8.31. The topological polar surface area (TPSA) is 64.5 Å². The predicted octanol–water partition coefficient (Wildman–Crippen LogP) is 2.59. The minimum absolute atomic E-state index is 0.468. The molecule has 0 bridgehead atoms. The monoisotopic (exact) mass is 246 g/mol. The number of aromatic amines is 1. The second-order valence-corrected chi connectivity index (χ2v) is 3.89. The quantitative estimate of drug-likeness (QED) is 0.872. The van der Waals surface area contributed by atoms with Crippen LogP contribution in [0.4, 0.5) is 5.69 Å². The fourth-order valence-electron chi connectivity index (χ4n) is 1.54. The van der Waals surface area contributed by atoms with Crippen molar-refractivity contribution in [2.24, 2.45) is 0 Å². The van der Waals surface area contributed by atoms with E-state index in [1.807, 2.05) is 12.1 Å². The summed E-state index contributed by atoms with van der Waals surface area (Å²) in [5.41, 5.74) is 1.24. The van der Waals surface area contributed by atoms with Crippen LogP contribution in [0.3, 0.4) is 0 Å². The SMILES string of the molecule is N#Cc1c(Cl)cccc1NCCc1ncc[nH]1. The molecule has 0 aliphatic heterocycles. The molecule has 1 aromatic carbocycles. The fourth-order valence-corrected chi connectivity index (χ4v) is 1.75. The van der Waals surface area contributed by atoms with Crippen molar-refractivity contribution in [2.45, 2.75) is 6.42 Å². The van der Waals surface area contributed by atoms with Crippen LogP contribution >= 0.6 is 11.6 Å². The Labute approximate surface area is 104 Å². The Morgan fingerprint density at radius 3 is 3.06 bits per heavy atom. The number of hydrogen-bond donors (Lipinski definition) is 2. The predicted molar refractivity (Wildman–Crippen MR) is 66.9 cm³/mol. The Hall–Kier alpha value is -1.99. The van der Waals surface area contributed by atoms with Crippen molar-refractivity contribution in [2.75, 3.05) is 11.9 Å². The molecule has 0 spiro atoms. The Morgan fingerprint density at radius 1 is 1.47 bits per heavy atom. The first-order valence-electron chi connectivity index (χ1n) is 5.22. The zero-order valence-corrected chi connectivity index (χ0v) is 9.83. The minimum Gasteiger partial charge on any atom is -0.383 e. The van der Waals surface area contributed by atoms with Gasteiger partial charge in [-0.05, 0) is 12.1 Å². The summed E-state index contributed by atoms with van der Waals surface area (Å²) in [6, 6.07) is 7.45. The van der Waals surface area contributed by atoms with Gasteiger partial charge in [-0.1, -0.05) is 17.7 Å². The molecule has 0 saturated heterocycles. The first-order valence-corrected chi connectivity index (χ1v) is 5.60. The van der Waals surface area contributed by atoms with E-state index in [-0.39, 0.29) is 0 Å². The van der Waals surface area contributed by atoms with Crippen molar-refractivity contribution in [3.63, 3.8) is 0 Å². The zero-order chi connectivity index (χ0) is 12.1. The number of rotatable bonds is 4. The molecule has 5 heteroatoms. The Bertz CT molecular complexity index is 528. The van der Waals surface area contributed by atoms with E-state index in [1.54, 1.807) is 18.5 Å². The van der Waals surface area contributed by atoms with Gasteiger partial charge in [-0.25, -0.2) is 4.98 Å². The van der Waals surface area contributed by atoms with Gasteiger partial charge in [-0.2, -0.15) is 5.26 Å². The molecule has 2 rings (SSSR count). The first kappa shape index (κ1) is 11.5. The van der Waals surface area contributed by atoms with E-state index in [2.05, 4.69) is 21.4 Å². The number of nitrogens with zero attached hydrogens (tertiary/aromatic N) is 2. The Kier molecular flexibility index (Phi) is 3.63. The van der Waals surface area contributed by atoms with Crippen LogP contribution in [0, 0.1) is 11.3 Å². The third kappa shape index (κ3) is 2.77. The maximum Gasteiger partial charge on any atom is 0.107 e. The molecular formula is C12H11ClN4. The number of nitrogens with one attached hydrogen (secondary N) is 2. The van der Waals surface area contributed by atoms with E-state index >= 15 is 0 Å². The number of nitriles is 1. The van der Waals surface area contributed by atoms with Crippen LogP contribution < -0.4 is 5.32 Å². The molecule has 2 N–H and O–H groups in total. The van der Waals surface area contributed by atoms with Gasteiger partial charge in [0.05, 0.1) is 16.3 Å². The number of anilines is 1. The highest BCUT2D eigenvalue weighted by Gasteiger charge is 2.05. The van der Waals surface area contributed by atoms with Crippen molar-refractivity contribution >= 4 is 17.3 Å². The lowest BCUT2D eigenvalue weighted by Gasteiger charge is -2.07. The third-order valence-electron chi connectivity index (χ3n) is 2.36. The summed E-state index contributed by atoms with van der Waals surface area (Å²) in [6.07, 6.45) is 4.27. The number of halogens is 1. The van der Waals surface area contributed by atoms with Gasteiger partial charge in [-0.15, -0.1) is 0 Å². The molecule has 2 aromatic rings. The van der Waals surface area contributed by atoms with E-state index in [9.17, 15) is 0 Å². The van der Waals surface area contributed by atoms with Crippen LogP contribution in [0.2, 0.25) is 5.02 Å². The van der Waals surface area contributed by atoms with Crippen LogP contribution in [0.25, 0.3) is 0 Å². The van der Waals surface area contributed by atoms with Crippen molar-refractivity contribution in [3.05, 3.63) is 47.0 Å². The van der Waals surface area contributed by atoms with E-state index in [0.29, 0.717) is 17.1 Å². The van der Waals surface area contributed by atoms with Gasteiger partial charge in [0.25, 0.3) is 0 Å². The summed E-state index contributed by atoms with van der Waals surface area (Å²) < 4.78 is 0. The molecule has 0 aliphatic carbocycles. The molecular weight excluding hydrogens is 236 g/mol. The molecule has 0 aliphatic rings. The Morgan fingerprint density at radius 2 is 2.35 bits per heavy atom. The van der Waals surface area contributed by atoms with Crippen LogP contribution in [0.15, 0.2) is 30.6 Å². The van der Waals surface area contributed by atoms with E-state index in [0.717, 1.165) is 17.9 Å². The average molecular weight is 247 g/mol. The summed E-state index contributed by atoms with van der Waals surface area (Å²) in [6.45, 7) is 0.697. The third-order valence-corrected chi connectivity index (χ3v) is 2.67. The summed E-state index contributed by atoms with van der Waals surface area (Å²) in [4.78, 5) is 7.14. The van der Waals surface area contributed by atoms with E-state index < -0.39 is 0 Å². The summed E-state index contributed by atoms with van der Waals surface area (Å²) in [7, 11) is 0. The second kappa shape index (κ2) is 5.37. The van der Waals surface area contributed by atoms with Gasteiger partial charge >= 0.3 is 0 Å². The van der Waals surface area contributed by atoms with Crippen LogP contribution in [0.5, 0.6) is 0 Å². The minimum atomic E-state index is 0.468. The summed E-state index contributed by atoms with van der Waals surface area (Å²) >= 11 is 5.93. The number of aromatic nitrogens is 2. The van der Waals surface area contributed by atoms with Gasteiger partial charge in [-0.3, -0.25) is 0 Å². The largest absolute Gasteiger partial charge is 0.383 e. The fraction of sp³-hybridized carbons (Fsp3) is 0.167. The highest BCUT2D eigenvalue weighted by atomic mass is 35.5. The van der Waals surface area contributed by atoms with Gasteiger partial charge in [0.2, 0.25) is 0 Å². The molecule has 0 fully saturated rings. The molecule has 0 radical (unpaired) electrons. The highest BCUT2D eigenvalue weighted by Crippen LogP contribution is 2.22. The summed E-state index contributed by atoms with van der Waals surface area (Å²) in [5.74, 6) is 0.915. The number of H-pyrrole nitrogens is 1. The lowest BCUT2D eigenvalue weighted by molar-refractivity contribution is 0.927. The molecule has 0 atom stereocenters. The van der Waals surface area contributed by atoms with E-state index in [1.165, 1.54) is 0 Å². The number of imidazole rings is 1. The molecule has 4 nitrogen and oxygen atoms in total. The van der Waals surface area contributed by atoms with Crippen molar-refractivity contribution in [3.8, 4) is 6.07 Å². The Balaban J connectivity index is 2.00. The van der Waals surface area contributed by atoms with Crippen molar-refractivity contribution in [1.29, 1.82) is 5.26 Å². The zero-order valence-electron chi connectivity index (χ0n) is 9.07. The molecule has 0 unspecified atom stereocenters. The molecule has 1 heterocycles. The van der Waals surface area contributed by atoms with Gasteiger partial charge < -0.3 is 10.3 Å². The lowest BCUT2D eigenvalue weighted by Crippen LogP contribution is -2.07. The molecule has 0 amide bonds. The highest BCUT2D eigenvalue weighted by molar-refractivity contribution is 6.32. The van der Waals surface area contributed by atoms with Crippen molar-refractivity contribution in [1.82, 2.24) is 9.97 Å². The summed E-state index contributed by atoms with van der Waals surface area (Å²) in [5, 5.41) is 12.6. The molecule has 0 saturated carbocycles. The van der Waals surface area contributed by atoms with Crippen LogP contribution in [-0.4, -0.2) is 16.5 Å².